The maximum Gasteiger partial charge on any atom is 0.306 e. The third-order valence-electron chi connectivity index (χ3n) is 23.6. The Morgan fingerprint density at radius 1 is 0.279 bits per heavy atom. The normalized spacial score (nSPS) is 21.2. The molecule has 4 N–H and O–H groups in total. The van der Waals surface area contributed by atoms with Crippen LogP contribution in [0.4, 0.5) is 0 Å². The van der Waals surface area contributed by atoms with Crippen molar-refractivity contribution in [1.82, 2.24) is 60.4 Å². The Hall–Kier alpha value is -11.8. The molecule has 16 rings (SSSR count). The van der Waals surface area contributed by atoms with Gasteiger partial charge in [0.1, 0.15) is 73.0 Å². The molecule has 140 heavy (non-hydrogen) atoms. The fraction of sp³-hybridized carbons (Fsp3) is 0.360. The van der Waals surface area contributed by atoms with Crippen LogP contribution in [0.15, 0.2) is 212 Å². The van der Waals surface area contributed by atoms with Crippen molar-refractivity contribution in [2.45, 2.75) is 230 Å². The molecule has 0 spiro atoms. The van der Waals surface area contributed by atoms with Crippen molar-refractivity contribution in [3.63, 3.8) is 0 Å². The Morgan fingerprint density at radius 2 is 0.464 bits per heavy atom. The average molecular weight is 2070 g/mol. The number of ether oxygens (including phenoxy) is 4. The molecule has 4 aromatic heterocycles. The number of hydrogen-bond acceptors (Lipinski definition) is 24. The monoisotopic (exact) mass is 2070 g/mol. The van der Waals surface area contributed by atoms with Crippen LogP contribution in [-0.4, -0.2) is 153 Å². The number of aromatic nitrogens is 8. The van der Waals surface area contributed by atoms with E-state index in [0.717, 1.165) is 47.9 Å². The lowest BCUT2D eigenvalue weighted by molar-refractivity contribution is -0.185. The molecule has 4 amide bonds. The van der Waals surface area contributed by atoms with E-state index in [-0.39, 0.29) is 23.6 Å². The fourth-order valence-corrected chi connectivity index (χ4v) is 19.1. The van der Waals surface area contributed by atoms with E-state index in [1.807, 2.05) is 100 Å². The summed E-state index contributed by atoms with van der Waals surface area (Å²) < 4.78 is 47.9. The van der Waals surface area contributed by atoms with Crippen LogP contribution in [0, 0.1) is 27.7 Å². The number of halogens is 8. The topological polar surface area (TPSA) is 423 Å². The van der Waals surface area contributed by atoms with Crippen LogP contribution >= 0.6 is 92.8 Å². The zero-order valence-electron chi connectivity index (χ0n) is 76.9. The molecule has 4 aliphatic rings. The summed E-state index contributed by atoms with van der Waals surface area (Å²) in [6.45, 7) is 14.7. The van der Waals surface area contributed by atoms with E-state index in [2.05, 4.69) is 40.8 Å². The van der Waals surface area contributed by atoms with Crippen LogP contribution in [0.3, 0.4) is 0 Å². The van der Waals surface area contributed by atoms with Crippen LogP contribution in [0.1, 0.15) is 269 Å². The Labute approximate surface area is 845 Å². The molecule has 40 heteroatoms. The van der Waals surface area contributed by atoms with Crippen molar-refractivity contribution < 1.29 is 95.4 Å². The van der Waals surface area contributed by atoms with E-state index >= 15 is 0 Å². The lowest BCUT2D eigenvalue weighted by Gasteiger charge is -2.47. The van der Waals surface area contributed by atoms with Gasteiger partial charge in [-0.05, 0) is 167 Å². The van der Waals surface area contributed by atoms with Gasteiger partial charge in [0.05, 0.1) is 49.9 Å². The molecule has 0 unspecified atom stereocenters. The quantitative estimate of drug-likeness (QED) is 0.0304. The van der Waals surface area contributed by atoms with Crippen LogP contribution in [-0.2, 0) is 57.3 Å². The minimum Gasteiger partial charge on any atom is -0.481 e. The smallest absolute Gasteiger partial charge is 0.306 e. The summed E-state index contributed by atoms with van der Waals surface area (Å²) >= 11 is 49.8. The first kappa shape index (κ1) is 106. The van der Waals surface area contributed by atoms with Gasteiger partial charge in [-0.3, -0.25) is 38.4 Å². The summed E-state index contributed by atoms with van der Waals surface area (Å²) in [7, 11) is 0. The highest BCUT2D eigenvalue weighted by Crippen LogP contribution is 2.54. The number of rotatable bonds is 32. The number of morpholine rings is 4. The summed E-state index contributed by atoms with van der Waals surface area (Å²) in [6.07, 6.45) is -4.61. The maximum absolute atomic E-state index is 13.8. The second-order valence-corrected chi connectivity index (χ2v) is 37.1. The number of amides is 4. The number of aliphatic carboxylic acids is 4. The first-order valence-electron chi connectivity index (χ1n) is 45.1. The highest BCUT2D eigenvalue weighted by Gasteiger charge is 2.54. The van der Waals surface area contributed by atoms with Crippen LogP contribution in [0.25, 0.3) is 0 Å². The maximum atomic E-state index is 13.8. The van der Waals surface area contributed by atoms with E-state index in [4.69, 9.17) is 129 Å². The molecule has 0 saturated carbocycles. The number of benzene rings is 8. The Morgan fingerprint density at radius 3 is 0.614 bits per heavy atom. The highest BCUT2D eigenvalue weighted by atomic mass is 35.5. The molecular formula is C100H100Cl8N12O20. The third kappa shape index (κ3) is 25.9. The zero-order valence-corrected chi connectivity index (χ0v) is 83.0. The Balaban J connectivity index is 0.000000157. The van der Waals surface area contributed by atoms with E-state index in [1.54, 1.807) is 169 Å². The number of carbonyl (C=O) groups is 8. The molecule has 4 saturated heterocycles. The van der Waals surface area contributed by atoms with Gasteiger partial charge in [-0.1, -0.05) is 243 Å². The number of aryl methyl sites for hydroxylation is 4. The molecule has 4 aliphatic heterocycles. The molecule has 4 fully saturated rings. The zero-order chi connectivity index (χ0) is 100. The summed E-state index contributed by atoms with van der Waals surface area (Å²) in [5.41, 5.74) is 5.89. The molecule has 0 bridgehead atoms. The summed E-state index contributed by atoms with van der Waals surface area (Å²) in [5, 5.41) is 74.9. The number of carbonyl (C=O) groups excluding carboxylic acids is 4. The molecular weight excluding hydrogens is 1970 g/mol. The number of carboxylic acid groups (broad SMARTS) is 4. The molecule has 32 nitrogen and oxygen atoms in total. The Kier molecular flexibility index (Phi) is 36.7. The van der Waals surface area contributed by atoms with E-state index in [0.29, 0.717) is 112 Å². The first-order valence-corrected chi connectivity index (χ1v) is 48.2. The SMILES string of the molecule is CCC[C@@H](c1nnc(C)o1)N1C(=O)[C@@H](CC(=O)O)O[C@H](c2cccc(Cl)c2)[C@@H]1c1ccc(Cl)cc1.CCC[C@@H](c1nnc(C)o1)N1C(=O)[C@H](CC(=O)O)O[C@@H](c2cccc(Cl)c2)[C@H]1c1ccc(Cl)cc1.CCC[C@H](c1nnc(C)o1)N1C(=O)[C@@H](CC(=O)O)O[C@H](c2cccc(Cl)c2)[C@@H]1c1ccc(Cl)cc1.CCC[C@H](c1nnc(C)o1)N1C(=O)[C@H](CC(=O)O)O[C@@H](c2cccc(Cl)c2)[C@H]1c1ccc(Cl)cc1. The lowest BCUT2D eigenvalue weighted by Crippen LogP contribution is -2.52. The van der Waals surface area contributed by atoms with E-state index in [9.17, 15) is 58.8 Å². The minimum atomic E-state index is -1.21. The summed E-state index contributed by atoms with van der Waals surface area (Å²) in [6, 6.07) is 52.2. The number of carboxylic acids is 4. The van der Waals surface area contributed by atoms with Gasteiger partial charge in [-0.15, -0.1) is 40.8 Å². The van der Waals surface area contributed by atoms with Crippen molar-refractivity contribution in [2.75, 3.05) is 0 Å². The van der Waals surface area contributed by atoms with Crippen LogP contribution in [0.5, 0.6) is 0 Å². The van der Waals surface area contributed by atoms with Crippen LogP contribution in [0.2, 0.25) is 40.2 Å². The molecule has 0 radical (unpaired) electrons. The third-order valence-corrected chi connectivity index (χ3v) is 25.6. The van der Waals surface area contributed by atoms with E-state index in [1.165, 1.54) is 0 Å². The standard InChI is InChI=1S/4C25H25Cl2N3O5/c4*1-3-5-19(24-29-28-14(2)34-24)30-22(15-8-10-17(26)11-9-15)23(16-6-4-7-18(27)12-16)35-20(25(30)33)13-21(31)32/h4*4,6-12,19-20,22-23H,3,5,13H2,1-2H3,(H,31,32)/t2*19-,20+,22-,23+;2*19-,20-,22+,23-/m1010/s1. The molecule has 16 atom stereocenters. The van der Waals surface area contributed by atoms with Gasteiger partial charge in [-0.25, -0.2) is 0 Å². The molecule has 8 heterocycles. The van der Waals surface area contributed by atoms with Gasteiger partial charge in [0.15, 0.2) is 0 Å². The summed E-state index contributed by atoms with van der Waals surface area (Å²) in [4.78, 5) is 109. The average Bonchev–Trinajstić information content (AvgIpc) is 1.17. The van der Waals surface area contributed by atoms with Crippen molar-refractivity contribution in [3.05, 3.63) is 326 Å². The van der Waals surface area contributed by atoms with Crippen molar-refractivity contribution >= 4 is 140 Å². The van der Waals surface area contributed by atoms with Gasteiger partial charge < -0.3 is 76.6 Å². The largest absolute Gasteiger partial charge is 0.481 e. The predicted octanol–water partition coefficient (Wildman–Crippen LogP) is 22.8. The fourth-order valence-electron chi connectivity index (χ4n) is 17.8. The molecule has 0 aliphatic carbocycles. The van der Waals surface area contributed by atoms with Gasteiger partial charge in [-0.2, -0.15) is 0 Å². The molecule has 8 aromatic carbocycles. The molecule has 12 aromatic rings. The second kappa shape index (κ2) is 48.6. The van der Waals surface area contributed by atoms with Crippen molar-refractivity contribution in [1.29, 1.82) is 0 Å². The van der Waals surface area contributed by atoms with Gasteiger partial charge >= 0.3 is 23.9 Å². The Bertz CT molecular complexity index is 5550. The van der Waals surface area contributed by atoms with Gasteiger partial charge in [0, 0.05) is 67.9 Å². The lowest BCUT2D eigenvalue weighted by atomic mass is 9.89. The first-order chi connectivity index (χ1) is 67.1. The summed E-state index contributed by atoms with van der Waals surface area (Å²) in [5.74, 6) is -3.74. The number of hydrogen-bond donors (Lipinski definition) is 4. The molecule has 736 valence electrons. The second-order valence-electron chi connectivity index (χ2n) is 33.6. The van der Waals surface area contributed by atoms with Gasteiger partial charge in [0.2, 0.25) is 47.1 Å². The van der Waals surface area contributed by atoms with Gasteiger partial charge in [0.25, 0.3) is 23.6 Å². The van der Waals surface area contributed by atoms with E-state index < -0.39 is 170 Å². The van der Waals surface area contributed by atoms with Crippen LogP contribution < -0.4 is 0 Å². The van der Waals surface area contributed by atoms with Crippen molar-refractivity contribution in [3.8, 4) is 0 Å². The number of nitrogens with zero attached hydrogens (tertiary/aromatic N) is 12. The van der Waals surface area contributed by atoms with Crippen molar-refractivity contribution in [2.24, 2.45) is 0 Å². The highest BCUT2D eigenvalue weighted by molar-refractivity contribution is 6.32. The predicted molar refractivity (Wildman–Crippen MR) is 516 cm³/mol. The minimum absolute atomic E-state index is 0.289.